The fourth-order valence-corrected chi connectivity index (χ4v) is 4.11. The minimum Gasteiger partial charge on any atom is -0.486 e. The van der Waals surface area contributed by atoms with E-state index in [9.17, 15) is 9.18 Å². The van der Waals surface area contributed by atoms with Gasteiger partial charge in [-0.15, -0.1) is 0 Å². The van der Waals surface area contributed by atoms with Gasteiger partial charge in [0.15, 0.2) is 10.9 Å². The maximum Gasteiger partial charge on any atom is 0.425 e. The molecule has 2 aromatic rings. The molecule has 0 saturated heterocycles. The Morgan fingerprint density at radius 2 is 1.82 bits per heavy atom. The SMILES string of the molecule is COC1CCCCC1Oc1cc(-n2c(Cl)c(C(C)(C)C)oc2=O)c(F)cc1Cl. The van der Waals surface area contributed by atoms with Crippen molar-refractivity contribution in [2.45, 2.75) is 64.1 Å². The summed E-state index contributed by atoms with van der Waals surface area (Å²) in [6.07, 6.45) is 3.51. The molecule has 2 unspecified atom stereocenters. The van der Waals surface area contributed by atoms with Gasteiger partial charge in [-0.1, -0.05) is 50.4 Å². The first kappa shape index (κ1) is 21.2. The van der Waals surface area contributed by atoms with Crippen LogP contribution in [0.1, 0.15) is 52.2 Å². The number of halogens is 3. The molecule has 0 bridgehead atoms. The van der Waals surface area contributed by atoms with E-state index < -0.39 is 17.0 Å². The Bertz CT molecular complexity index is 916. The molecule has 5 nitrogen and oxygen atoms in total. The third-order valence-corrected chi connectivity index (χ3v) is 5.54. The standard InChI is InChI=1S/C20H24Cl2FNO4/c1-20(2,3)17-18(22)24(19(25)28-17)13-10-16(11(21)9-12(13)23)27-15-8-6-5-7-14(15)26-4/h9-10,14-15H,5-8H2,1-4H3. The number of hydrogen-bond acceptors (Lipinski definition) is 4. The van der Waals surface area contributed by atoms with Gasteiger partial charge in [-0.2, -0.15) is 0 Å². The van der Waals surface area contributed by atoms with Crippen LogP contribution in [-0.2, 0) is 10.2 Å². The molecule has 28 heavy (non-hydrogen) atoms. The molecule has 1 fully saturated rings. The fourth-order valence-electron chi connectivity index (χ4n) is 3.43. The first-order chi connectivity index (χ1) is 13.1. The second-order valence-corrected chi connectivity index (χ2v) is 8.79. The van der Waals surface area contributed by atoms with Crippen molar-refractivity contribution < 1.29 is 18.3 Å². The number of benzene rings is 1. The van der Waals surface area contributed by atoms with Gasteiger partial charge in [-0.05, 0) is 25.3 Å². The lowest BCUT2D eigenvalue weighted by atomic mass is 9.94. The predicted molar refractivity (Wildman–Crippen MR) is 107 cm³/mol. The number of rotatable bonds is 4. The van der Waals surface area contributed by atoms with E-state index in [-0.39, 0.29) is 39.6 Å². The summed E-state index contributed by atoms with van der Waals surface area (Å²) in [5.74, 6) is -0.916. The topological polar surface area (TPSA) is 53.6 Å². The summed E-state index contributed by atoms with van der Waals surface area (Å²) < 4.78 is 32.5. The molecule has 1 aliphatic carbocycles. The van der Waals surface area contributed by atoms with Gasteiger partial charge in [0, 0.05) is 18.6 Å². The molecule has 1 saturated carbocycles. The number of nitrogens with zero attached hydrogens (tertiary/aromatic N) is 1. The quantitative estimate of drug-likeness (QED) is 0.640. The van der Waals surface area contributed by atoms with Gasteiger partial charge in [0.25, 0.3) is 0 Å². The van der Waals surface area contributed by atoms with Crippen molar-refractivity contribution in [3.8, 4) is 11.4 Å². The smallest absolute Gasteiger partial charge is 0.425 e. The van der Waals surface area contributed by atoms with Crippen molar-refractivity contribution in [2.24, 2.45) is 0 Å². The molecule has 0 amide bonds. The molecule has 3 rings (SSSR count). The van der Waals surface area contributed by atoms with E-state index in [4.69, 9.17) is 37.1 Å². The highest BCUT2D eigenvalue weighted by Crippen LogP contribution is 2.36. The molecule has 1 heterocycles. The summed E-state index contributed by atoms with van der Waals surface area (Å²) in [6, 6.07) is 2.50. The Kier molecular flexibility index (Phi) is 6.13. The third kappa shape index (κ3) is 4.09. The Labute approximate surface area is 173 Å². The van der Waals surface area contributed by atoms with E-state index in [1.54, 1.807) is 7.11 Å². The van der Waals surface area contributed by atoms with E-state index in [0.717, 1.165) is 36.3 Å². The molecule has 154 valence electrons. The van der Waals surface area contributed by atoms with Crippen LogP contribution in [-0.4, -0.2) is 23.9 Å². The van der Waals surface area contributed by atoms with Crippen LogP contribution in [0.3, 0.4) is 0 Å². The van der Waals surface area contributed by atoms with Crippen LogP contribution >= 0.6 is 23.2 Å². The molecule has 1 aromatic carbocycles. The average molecular weight is 432 g/mol. The van der Waals surface area contributed by atoms with Gasteiger partial charge in [0.05, 0.1) is 16.8 Å². The van der Waals surface area contributed by atoms with E-state index >= 15 is 0 Å². The summed E-state index contributed by atoms with van der Waals surface area (Å²) >= 11 is 12.6. The highest BCUT2D eigenvalue weighted by Gasteiger charge is 2.30. The van der Waals surface area contributed by atoms with Crippen LogP contribution in [0.25, 0.3) is 5.69 Å². The minimum atomic E-state index is -0.769. The van der Waals surface area contributed by atoms with Crippen molar-refractivity contribution in [1.29, 1.82) is 0 Å². The van der Waals surface area contributed by atoms with Crippen LogP contribution in [0.5, 0.6) is 5.75 Å². The minimum absolute atomic E-state index is 0.0251. The lowest BCUT2D eigenvalue weighted by Crippen LogP contribution is -2.36. The zero-order valence-electron chi connectivity index (χ0n) is 16.4. The van der Waals surface area contributed by atoms with Gasteiger partial charge < -0.3 is 13.9 Å². The van der Waals surface area contributed by atoms with Crippen LogP contribution in [0.4, 0.5) is 4.39 Å². The van der Waals surface area contributed by atoms with Crippen LogP contribution in [0.15, 0.2) is 21.3 Å². The van der Waals surface area contributed by atoms with E-state index in [1.807, 2.05) is 20.8 Å². The fraction of sp³-hybridized carbons (Fsp3) is 0.550. The van der Waals surface area contributed by atoms with Crippen molar-refractivity contribution in [3.05, 3.63) is 44.4 Å². The van der Waals surface area contributed by atoms with Crippen molar-refractivity contribution >= 4 is 23.2 Å². The lowest BCUT2D eigenvalue weighted by molar-refractivity contribution is -0.0229. The largest absolute Gasteiger partial charge is 0.486 e. The Morgan fingerprint density at radius 1 is 1.18 bits per heavy atom. The number of oxazole rings is 1. The summed E-state index contributed by atoms with van der Waals surface area (Å²) in [7, 11) is 1.64. The van der Waals surface area contributed by atoms with Gasteiger partial charge in [0.1, 0.15) is 17.7 Å². The van der Waals surface area contributed by atoms with E-state index in [0.29, 0.717) is 0 Å². The molecular weight excluding hydrogens is 408 g/mol. The summed E-state index contributed by atoms with van der Waals surface area (Å²) in [4.78, 5) is 12.4. The zero-order valence-corrected chi connectivity index (χ0v) is 17.9. The van der Waals surface area contributed by atoms with Crippen LogP contribution < -0.4 is 10.5 Å². The van der Waals surface area contributed by atoms with Crippen molar-refractivity contribution in [2.75, 3.05) is 7.11 Å². The molecule has 1 aliphatic rings. The highest BCUT2D eigenvalue weighted by molar-refractivity contribution is 6.32. The van der Waals surface area contributed by atoms with E-state index in [2.05, 4.69) is 0 Å². The second kappa shape index (κ2) is 8.09. The second-order valence-electron chi connectivity index (χ2n) is 8.02. The maximum atomic E-state index is 14.7. The van der Waals surface area contributed by atoms with Gasteiger partial charge in [-0.3, -0.25) is 0 Å². The highest BCUT2D eigenvalue weighted by atomic mass is 35.5. The Hall–Kier alpha value is -1.50. The van der Waals surface area contributed by atoms with Gasteiger partial charge >= 0.3 is 5.76 Å². The van der Waals surface area contributed by atoms with Crippen LogP contribution in [0.2, 0.25) is 10.2 Å². The third-order valence-electron chi connectivity index (χ3n) is 4.90. The molecule has 0 spiro atoms. The summed E-state index contributed by atoms with van der Waals surface area (Å²) in [6.45, 7) is 5.55. The number of hydrogen-bond donors (Lipinski definition) is 0. The predicted octanol–water partition coefficient (Wildman–Crippen LogP) is 5.51. The number of aromatic nitrogens is 1. The Morgan fingerprint density at radius 3 is 2.39 bits per heavy atom. The molecule has 0 N–H and O–H groups in total. The number of methoxy groups -OCH3 is 1. The summed E-state index contributed by atoms with van der Waals surface area (Å²) in [5, 5.41) is 0.141. The van der Waals surface area contributed by atoms with Crippen molar-refractivity contribution in [3.63, 3.8) is 0 Å². The molecular formula is C20H24Cl2FNO4. The summed E-state index contributed by atoms with van der Waals surface area (Å²) in [5.41, 5.74) is -0.587. The molecule has 0 radical (unpaired) electrons. The maximum absolute atomic E-state index is 14.7. The first-order valence-electron chi connectivity index (χ1n) is 9.24. The molecule has 8 heteroatoms. The molecule has 0 aliphatic heterocycles. The monoisotopic (exact) mass is 431 g/mol. The van der Waals surface area contributed by atoms with Gasteiger partial charge in [0.2, 0.25) is 0 Å². The van der Waals surface area contributed by atoms with Gasteiger partial charge in [-0.25, -0.2) is 13.8 Å². The normalized spacial score (nSPS) is 20.4. The average Bonchev–Trinajstić information content (AvgIpc) is 2.92. The first-order valence-corrected chi connectivity index (χ1v) is 9.99. The molecule has 1 aromatic heterocycles. The zero-order chi connectivity index (χ0) is 20.6. The van der Waals surface area contributed by atoms with Crippen molar-refractivity contribution in [1.82, 2.24) is 4.57 Å². The number of ether oxygens (including phenoxy) is 2. The molecule has 2 atom stereocenters. The lowest BCUT2D eigenvalue weighted by Gasteiger charge is -2.31. The van der Waals surface area contributed by atoms with Crippen LogP contribution in [0, 0.1) is 5.82 Å². The van der Waals surface area contributed by atoms with E-state index in [1.165, 1.54) is 6.07 Å². The Balaban J connectivity index is 2.04.